The van der Waals surface area contributed by atoms with Gasteiger partial charge in [0, 0.05) is 15.1 Å². The molecule has 1 fully saturated rings. The number of rotatable bonds is 5. The third-order valence-electron chi connectivity index (χ3n) is 3.71. The molecule has 2 aromatic rings. The summed E-state index contributed by atoms with van der Waals surface area (Å²) < 4.78 is 12.2. The lowest BCUT2D eigenvalue weighted by Gasteiger charge is -2.15. The Bertz CT molecular complexity index is 1030. The number of thioether (sulfide) groups is 1. The molecule has 4 nitrogen and oxygen atoms in total. The van der Waals surface area contributed by atoms with E-state index < -0.39 is 0 Å². The van der Waals surface area contributed by atoms with Crippen molar-refractivity contribution in [1.29, 1.82) is 0 Å². The second-order valence-corrected chi connectivity index (χ2v) is 8.54. The Morgan fingerprint density at radius 1 is 1.39 bits per heavy atom. The van der Waals surface area contributed by atoms with E-state index in [2.05, 4.69) is 21.9 Å². The van der Waals surface area contributed by atoms with Crippen LogP contribution in [0.2, 0.25) is 5.02 Å². The highest BCUT2D eigenvalue weighted by molar-refractivity contribution is 9.10. The van der Waals surface area contributed by atoms with Crippen LogP contribution in [-0.2, 0) is 4.79 Å². The van der Waals surface area contributed by atoms with E-state index >= 15 is 0 Å². The SMILES string of the molecule is C#CCOc1c(/C=C2\SC(=S)N(c3cccc(Cl)c3)C2=O)cc(Br)cc1OC. The molecule has 1 aliphatic rings. The molecule has 0 saturated carbocycles. The summed E-state index contributed by atoms with van der Waals surface area (Å²) in [6.07, 6.45) is 7.02. The molecule has 1 amide bonds. The summed E-state index contributed by atoms with van der Waals surface area (Å²) in [7, 11) is 1.53. The summed E-state index contributed by atoms with van der Waals surface area (Å²) in [4.78, 5) is 14.9. The number of hydrogen-bond donors (Lipinski definition) is 0. The Morgan fingerprint density at radius 2 is 2.18 bits per heavy atom. The maximum Gasteiger partial charge on any atom is 0.270 e. The molecule has 0 aliphatic carbocycles. The van der Waals surface area contributed by atoms with Gasteiger partial charge in [-0.25, -0.2) is 0 Å². The highest BCUT2D eigenvalue weighted by Crippen LogP contribution is 2.41. The van der Waals surface area contributed by atoms with Crippen LogP contribution < -0.4 is 14.4 Å². The molecular weight excluding hydrogens is 482 g/mol. The molecule has 0 N–H and O–H groups in total. The molecule has 0 bridgehead atoms. The van der Waals surface area contributed by atoms with Crippen molar-refractivity contribution < 1.29 is 14.3 Å². The number of hydrogen-bond acceptors (Lipinski definition) is 5. The van der Waals surface area contributed by atoms with Gasteiger partial charge < -0.3 is 9.47 Å². The van der Waals surface area contributed by atoms with E-state index in [1.54, 1.807) is 36.4 Å². The number of nitrogens with zero attached hydrogens (tertiary/aromatic N) is 1. The summed E-state index contributed by atoms with van der Waals surface area (Å²) in [5, 5.41) is 0.525. The minimum Gasteiger partial charge on any atom is -0.493 e. The monoisotopic (exact) mass is 493 g/mol. The van der Waals surface area contributed by atoms with Crippen molar-refractivity contribution in [3.8, 4) is 23.8 Å². The second kappa shape index (κ2) is 9.01. The third-order valence-corrected chi connectivity index (χ3v) is 5.71. The molecule has 2 aromatic carbocycles. The number of benzene rings is 2. The fourth-order valence-corrected chi connectivity index (χ4v) is 4.49. The van der Waals surface area contributed by atoms with Crippen LogP contribution in [0.4, 0.5) is 5.69 Å². The van der Waals surface area contributed by atoms with Gasteiger partial charge in [-0.05, 0) is 36.4 Å². The number of amides is 1. The van der Waals surface area contributed by atoms with Gasteiger partial charge in [0.1, 0.15) is 6.61 Å². The van der Waals surface area contributed by atoms with E-state index in [0.29, 0.717) is 37.0 Å². The number of anilines is 1. The van der Waals surface area contributed by atoms with Crippen molar-refractivity contribution in [2.24, 2.45) is 0 Å². The van der Waals surface area contributed by atoms with Gasteiger partial charge in [0.05, 0.1) is 17.7 Å². The topological polar surface area (TPSA) is 38.8 Å². The third kappa shape index (κ3) is 4.36. The summed E-state index contributed by atoms with van der Waals surface area (Å²) >= 11 is 16.1. The number of carbonyl (C=O) groups is 1. The van der Waals surface area contributed by atoms with E-state index in [0.717, 1.165) is 4.47 Å². The Balaban J connectivity index is 2.02. The fourth-order valence-electron chi connectivity index (χ4n) is 2.56. The highest BCUT2D eigenvalue weighted by Gasteiger charge is 2.33. The Morgan fingerprint density at radius 3 is 2.86 bits per heavy atom. The minimum absolute atomic E-state index is 0.0717. The first-order valence-corrected chi connectivity index (χ1v) is 10.3. The molecule has 3 rings (SSSR count). The molecule has 1 aliphatic heterocycles. The van der Waals surface area contributed by atoms with Crippen LogP contribution in [0.1, 0.15) is 5.56 Å². The average Bonchev–Trinajstić information content (AvgIpc) is 2.93. The Hall–Kier alpha value is -1.98. The lowest BCUT2D eigenvalue weighted by atomic mass is 10.1. The van der Waals surface area contributed by atoms with Crippen LogP contribution in [0, 0.1) is 12.3 Å². The van der Waals surface area contributed by atoms with E-state index in [4.69, 9.17) is 39.7 Å². The Kier molecular flexibility index (Phi) is 6.68. The first-order chi connectivity index (χ1) is 13.4. The van der Waals surface area contributed by atoms with Gasteiger partial charge >= 0.3 is 0 Å². The Labute approximate surface area is 186 Å². The predicted molar refractivity (Wildman–Crippen MR) is 122 cm³/mol. The average molecular weight is 495 g/mol. The number of methoxy groups -OCH3 is 1. The van der Waals surface area contributed by atoms with Crippen molar-refractivity contribution in [2.45, 2.75) is 0 Å². The van der Waals surface area contributed by atoms with Crippen LogP contribution in [0.5, 0.6) is 11.5 Å². The van der Waals surface area contributed by atoms with E-state index in [-0.39, 0.29) is 12.5 Å². The maximum absolute atomic E-state index is 13.0. The van der Waals surface area contributed by atoms with Crippen molar-refractivity contribution >= 4 is 73.5 Å². The zero-order valence-corrected chi connectivity index (χ0v) is 18.5. The van der Waals surface area contributed by atoms with Crippen LogP contribution in [0.15, 0.2) is 45.8 Å². The number of ether oxygens (including phenoxy) is 2. The van der Waals surface area contributed by atoms with Gasteiger partial charge in [-0.1, -0.05) is 63.5 Å². The molecule has 1 heterocycles. The number of carbonyl (C=O) groups excluding carboxylic acids is 1. The maximum atomic E-state index is 13.0. The minimum atomic E-state index is -0.237. The zero-order chi connectivity index (χ0) is 20.3. The van der Waals surface area contributed by atoms with Crippen molar-refractivity contribution in [3.05, 3.63) is 56.4 Å². The van der Waals surface area contributed by atoms with Crippen LogP contribution >= 0.6 is 51.5 Å². The normalized spacial score (nSPS) is 15.1. The van der Waals surface area contributed by atoms with Gasteiger partial charge in [0.2, 0.25) is 0 Å². The molecular formula is C20H13BrClNO3S2. The van der Waals surface area contributed by atoms with Gasteiger partial charge in [0.15, 0.2) is 15.8 Å². The molecule has 1 saturated heterocycles. The summed E-state index contributed by atoms with van der Waals surface area (Å²) in [6.45, 7) is 0.0717. The molecule has 142 valence electrons. The standard InChI is InChI=1S/C20H13BrClNO3S2/c1-3-7-26-18-12(8-13(21)10-16(18)25-2)9-17-19(24)23(20(27)28-17)15-6-4-5-14(22)11-15/h1,4-6,8-11H,7H2,2H3/b17-9-. The molecule has 0 aromatic heterocycles. The molecule has 8 heteroatoms. The van der Waals surface area contributed by atoms with Crippen LogP contribution in [0.25, 0.3) is 6.08 Å². The second-order valence-electron chi connectivity index (χ2n) is 5.52. The van der Waals surface area contributed by atoms with E-state index in [9.17, 15) is 4.79 Å². The number of terminal acetylenes is 1. The van der Waals surface area contributed by atoms with Gasteiger partial charge in [-0.3, -0.25) is 9.69 Å². The van der Waals surface area contributed by atoms with Crippen LogP contribution in [-0.4, -0.2) is 23.9 Å². The first kappa shape index (κ1) is 20.7. The lowest BCUT2D eigenvalue weighted by molar-refractivity contribution is -0.113. The van der Waals surface area contributed by atoms with Crippen molar-refractivity contribution in [1.82, 2.24) is 0 Å². The number of halogens is 2. The van der Waals surface area contributed by atoms with Gasteiger partial charge in [0.25, 0.3) is 5.91 Å². The molecule has 0 radical (unpaired) electrons. The quantitative estimate of drug-likeness (QED) is 0.310. The van der Waals surface area contributed by atoms with Gasteiger partial charge in [-0.15, -0.1) is 6.42 Å². The van der Waals surface area contributed by atoms with Gasteiger partial charge in [-0.2, -0.15) is 0 Å². The molecule has 28 heavy (non-hydrogen) atoms. The smallest absolute Gasteiger partial charge is 0.270 e. The summed E-state index contributed by atoms with van der Waals surface area (Å²) in [5.74, 6) is 3.15. The highest BCUT2D eigenvalue weighted by atomic mass is 79.9. The fraction of sp³-hybridized carbons (Fsp3) is 0.100. The summed E-state index contributed by atoms with van der Waals surface area (Å²) in [5.41, 5.74) is 1.27. The molecule has 0 atom stereocenters. The lowest BCUT2D eigenvalue weighted by Crippen LogP contribution is -2.27. The van der Waals surface area contributed by atoms with E-state index in [1.807, 2.05) is 6.07 Å². The largest absolute Gasteiger partial charge is 0.493 e. The number of thiocarbonyl (C=S) groups is 1. The zero-order valence-electron chi connectivity index (χ0n) is 14.6. The molecule has 0 spiro atoms. The van der Waals surface area contributed by atoms with Crippen LogP contribution in [0.3, 0.4) is 0 Å². The van der Waals surface area contributed by atoms with Crippen molar-refractivity contribution in [3.63, 3.8) is 0 Å². The predicted octanol–water partition coefficient (Wildman–Crippen LogP) is 5.53. The van der Waals surface area contributed by atoms with Crippen molar-refractivity contribution in [2.75, 3.05) is 18.6 Å². The van der Waals surface area contributed by atoms with E-state index in [1.165, 1.54) is 23.8 Å². The molecule has 0 unspecified atom stereocenters. The first-order valence-electron chi connectivity index (χ1n) is 7.92. The summed E-state index contributed by atoms with van der Waals surface area (Å²) in [6, 6.07) is 10.6.